The molecular weight excluding hydrogens is 473 g/mol. The van der Waals surface area contributed by atoms with Gasteiger partial charge in [0.25, 0.3) is 0 Å². The van der Waals surface area contributed by atoms with E-state index in [1.165, 1.54) is 12.8 Å². The van der Waals surface area contributed by atoms with E-state index in [1.807, 2.05) is 60.7 Å². The lowest BCUT2D eigenvalue weighted by atomic mass is 9.90. The van der Waals surface area contributed by atoms with Crippen molar-refractivity contribution in [2.75, 3.05) is 13.1 Å². The first kappa shape index (κ1) is 24.1. The molecule has 1 amide bonds. The summed E-state index contributed by atoms with van der Waals surface area (Å²) in [6.07, 6.45) is 3.52. The monoisotopic (exact) mass is 497 g/mol. The topological polar surface area (TPSA) is 44.4 Å². The number of carbonyl (C=O) groups excluding carboxylic acids is 1. The summed E-state index contributed by atoms with van der Waals surface area (Å²) in [5.74, 6) is -0.828. The van der Waals surface area contributed by atoms with Gasteiger partial charge in [0, 0.05) is 13.1 Å². The van der Waals surface area contributed by atoms with Crippen LogP contribution in [0, 0.1) is 0 Å². The van der Waals surface area contributed by atoms with Crippen molar-refractivity contribution in [2.45, 2.75) is 41.6 Å². The van der Waals surface area contributed by atoms with Crippen molar-refractivity contribution >= 4 is 58.0 Å². The average molecular weight is 499 g/mol. The molecule has 0 aromatic heterocycles. The number of carbonyl (C=O) groups is 1. The third kappa shape index (κ3) is 6.98. The van der Waals surface area contributed by atoms with E-state index in [0.717, 1.165) is 37.1 Å². The highest BCUT2D eigenvalue weighted by Gasteiger charge is 2.37. The molecule has 1 heterocycles. The van der Waals surface area contributed by atoms with E-state index in [-0.39, 0.29) is 5.91 Å². The van der Waals surface area contributed by atoms with E-state index in [2.05, 4.69) is 15.5 Å². The Bertz CT molecular complexity index is 814. The van der Waals surface area contributed by atoms with Gasteiger partial charge in [-0.15, -0.1) is 0 Å². The largest absolute Gasteiger partial charge is 0.349 e. The summed E-state index contributed by atoms with van der Waals surface area (Å²) in [5.41, 5.74) is 1.70. The van der Waals surface area contributed by atoms with Crippen LogP contribution in [0.25, 0.3) is 0 Å². The molecule has 0 saturated carbocycles. The summed E-state index contributed by atoms with van der Waals surface area (Å²) in [6, 6.07) is 19.1. The number of halogens is 3. The predicted molar refractivity (Wildman–Crippen MR) is 133 cm³/mol. The van der Waals surface area contributed by atoms with E-state index in [4.69, 9.17) is 47.0 Å². The van der Waals surface area contributed by atoms with Gasteiger partial charge >= 0.3 is 0 Å². The van der Waals surface area contributed by atoms with Crippen molar-refractivity contribution in [1.82, 2.24) is 15.5 Å². The molecule has 1 atom stereocenters. The van der Waals surface area contributed by atoms with Crippen LogP contribution in [-0.2, 0) is 4.79 Å². The molecule has 31 heavy (non-hydrogen) atoms. The molecule has 1 aliphatic rings. The quantitative estimate of drug-likeness (QED) is 0.330. The summed E-state index contributed by atoms with van der Waals surface area (Å²) in [7, 11) is 0. The number of nitrogens with zero attached hydrogens (tertiary/aromatic N) is 1. The Hall–Kier alpha value is -1.53. The van der Waals surface area contributed by atoms with Crippen molar-refractivity contribution in [3.63, 3.8) is 0 Å². The number of hydrogen-bond acceptors (Lipinski definition) is 2. The first-order chi connectivity index (χ1) is 14.9. The van der Waals surface area contributed by atoms with Crippen LogP contribution in [-0.4, -0.2) is 39.0 Å². The summed E-state index contributed by atoms with van der Waals surface area (Å²) < 4.78 is -1.79. The van der Waals surface area contributed by atoms with Crippen LogP contribution in [0.3, 0.4) is 0 Å². The molecule has 1 fully saturated rings. The van der Waals surface area contributed by atoms with Gasteiger partial charge in [-0.1, -0.05) is 108 Å². The molecule has 2 aromatic rings. The highest BCUT2D eigenvalue weighted by Crippen LogP contribution is 2.31. The lowest BCUT2D eigenvalue weighted by Crippen LogP contribution is -2.58. The molecule has 0 aliphatic carbocycles. The summed E-state index contributed by atoms with van der Waals surface area (Å²) in [4.78, 5) is 15.5. The predicted octanol–water partition coefficient (Wildman–Crippen LogP) is 5.38. The third-order valence-electron chi connectivity index (χ3n) is 5.30. The number of rotatable bonds is 5. The number of likely N-dealkylation sites (tertiary alicyclic amines) is 1. The Balaban J connectivity index is 1.80. The average Bonchev–Trinajstić information content (AvgIpc) is 3.04. The molecule has 0 spiro atoms. The van der Waals surface area contributed by atoms with E-state index in [1.54, 1.807) is 0 Å². The van der Waals surface area contributed by atoms with E-state index >= 15 is 0 Å². The standard InChI is InChI=1S/C23H26Cl3N3OS/c24-23(25,26)21(28-22(31)29-15-9-1-2-10-16-29)27-20(30)19(17-11-5-3-6-12-17)18-13-7-4-8-14-18/h3-8,11-14,19,21H,1-2,9-10,15-16H2,(H,27,30)(H,28,31)/t21-/m1/s1. The molecular formula is C23H26Cl3N3OS. The molecule has 0 bridgehead atoms. The summed E-state index contributed by atoms with van der Waals surface area (Å²) >= 11 is 24.3. The van der Waals surface area contributed by atoms with Crippen molar-refractivity contribution < 1.29 is 4.79 Å². The van der Waals surface area contributed by atoms with Crippen molar-refractivity contribution in [3.8, 4) is 0 Å². The minimum absolute atomic E-state index is 0.278. The Kier molecular flexibility index (Phi) is 8.85. The summed E-state index contributed by atoms with van der Waals surface area (Å²) in [6.45, 7) is 1.70. The van der Waals surface area contributed by atoms with Gasteiger partial charge in [-0.05, 0) is 36.2 Å². The van der Waals surface area contributed by atoms with Gasteiger partial charge in [0.15, 0.2) is 5.11 Å². The number of nitrogens with one attached hydrogen (secondary N) is 2. The van der Waals surface area contributed by atoms with Crippen LogP contribution in [0.1, 0.15) is 42.7 Å². The molecule has 2 N–H and O–H groups in total. The van der Waals surface area contributed by atoms with Crippen molar-refractivity contribution in [2.24, 2.45) is 0 Å². The third-order valence-corrected chi connectivity index (χ3v) is 6.33. The maximum absolute atomic E-state index is 13.4. The Morgan fingerprint density at radius 2 is 1.32 bits per heavy atom. The zero-order valence-electron chi connectivity index (χ0n) is 17.1. The number of benzene rings is 2. The molecule has 0 unspecified atom stereocenters. The lowest BCUT2D eigenvalue weighted by molar-refractivity contribution is -0.122. The maximum atomic E-state index is 13.4. The van der Waals surface area contributed by atoms with Crippen LogP contribution >= 0.6 is 47.0 Å². The second kappa shape index (κ2) is 11.4. The minimum Gasteiger partial charge on any atom is -0.349 e. The van der Waals surface area contributed by atoms with Gasteiger partial charge in [-0.25, -0.2) is 0 Å². The molecule has 8 heteroatoms. The molecule has 166 valence electrons. The molecule has 2 aromatic carbocycles. The highest BCUT2D eigenvalue weighted by molar-refractivity contribution is 7.80. The van der Waals surface area contributed by atoms with E-state index in [0.29, 0.717) is 5.11 Å². The highest BCUT2D eigenvalue weighted by atomic mass is 35.6. The SMILES string of the molecule is O=C(N[C@H](NC(=S)N1CCCCCC1)C(Cl)(Cl)Cl)C(c1ccccc1)c1ccccc1. The number of alkyl halides is 3. The fourth-order valence-corrected chi connectivity index (χ4v) is 4.33. The minimum atomic E-state index is -1.79. The van der Waals surface area contributed by atoms with Gasteiger partial charge < -0.3 is 15.5 Å². The lowest BCUT2D eigenvalue weighted by Gasteiger charge is -2.33. The smallest absolute Gasteiger partial charge is 0.233 e. The van der Waals surface area contributed by atoms with Crippen molar-refractivity contribution in [1.29, 1.82) is 0 Å². The van der Waals surface area contributed by atoms with Gasteiger partial charge in [0.05, 0.1) is 5.92 Å². The Morgan fingerprint density at radius 3 is 1.77 bits per heavy atom. The second-order valence-corrected chi connectivity index (χ2v) is 10.3. The van der Waals surface area contributed by atoms with Crippen LogP contribution in [0.4, 0.5) is 0 Å². The molecule has 4 nitrogen and oxygen atoms in total. The van der Waals surface area contributed by atoms with E-state index < -0.39 is 15.9 Å². The van der Waals surface area contributed by atoms with Crippen LogP contribution in [0.5, 0.6) is 0 Å². The van der Waals surface area contributed by atoms with Gasteiger partial charge in [-0.2, -0.15) is 0 Å². The number of amides is 1. The van der Waals surface area contributed by atoms with E-state index in [9.17, 15) is 4.79 Å². The molecule has 3 rings (SSSR count). The summed E-state index contributed by atoms with van der Waals surface area (Å²) in [5, 5.41) is 6.43. The van der Waals surface area contributed by atoms with Crippen LogP contribution in [0.15, 0.2) is 60.7 Å². The zero-order chi connectivity index (χ0) is 22.3. The normalized spacial score (nSPS) is 15.8. The number of thiocarbonyl (C=S) groups is 1. The van der Waals surface area contributed by atoms with Gasteiger partial charge in [0.2, 0.25) is 9.70 Å². The zero-order valence-corrected chi connectivity index (χ0v) is 20.2. The van der Waals surface area contributed by atoms with Crippen molar-refractivity contribution in [3.05, 3.63) is 71.8 Å². The van der Waals surface area contributed by atoms with Gasteiger partial charge in [-0.3, -0.25) is 4.79 Å². The maximum Gasteiger partial charge on any atom is 0.233 e. The molecule has 0 radical (unpaired) electrons. The molecule has 1 saturated heterocycles. The Labute approximate surface area is 204 Å². The molecule has 1 aliphatic heterocycles. The first-order valence-corrected chi connectivity index (χ1v) is 11.9. The second-order valence-electron chi connectivity index (χ2n) is 7.59. The van der Waals surface area contributed by atoms with Crippen LogP contribution in [0.2, 0.25) is 0 Å². The fraction of sp³-hybridized carbons (Fsp3) is 0.391. The number of hydrogen-bond donors (Lipinski definition) is 2. The van der Waals surface area contributed by atoms with Crippen LogP contribution < -0.4 is 10.6 Å². The fourth-order valence-electron chi connectivity index (χ4n) is 3.70. The first-order valence-electron chi connectivity index (χ1n) is 10.4. The van der Waals surface area contributed by atoms with Gasteiger partial charge in [0.1, 0.15) is 6.17 Å². The Morgan fingerprint density at radius 1 is 0.839 bits per heavy atom.